The van der Waals surface area contributed by atoms with E-state index >= 15 is 0 Å². The molecule has 0 radical (unpaired) electrons. The maximum absolute atomic E-state index is 4.28. The topological polar surface area (TPSA) is 34.0 Å². The average molecular weight is 293 g/mol. The molecule has 0 aliphatic carbocycles. The molecule has 3 rings (SSSR count). The van der Waals surface area contributed by atoms with E-state index in [1.165, 1.54) is 11.3 Å². The van der Waals surface area contributed by atoms with Gasteiger partial charge < -0.3 is 0 Å². The van der Waals surface area contributed by atoms with Crippen molar-refractivity contribution in [2.45, 2.75) is 19.6 Å². The third-order valence-corrected chi connectivity index (χ3v) is 3.48. The second kappa shape index (κ2) is 4.58. The van der Waals surface area contributed by atoms with E-state index in [4.69, 9.17) is 0 Å². The van der Waals surface area contributed by atoms with E-state index in [0.717, 1.165) is 30.8 Å². The molecule has 4 nitrogen and oxygen atoms in total. The predicted molar refractivity (Wildman–Crippen MR) is 68.3 cm³/mol. The SMILES string of the molecule is Brc1ccc(CN2CCn3nccc3C2)cn1. The van der Waals surface area contributed by atoms with E-state index in [9.17, 15) is 0 Å². The number of fused-ring (bicyclic) bond motifs is 1. The van der Waals surface area contributed by atoms with Gasteiger partial charge in [0.15, 0.2) is 0 Å². The lowest BCUT2D eigenvalue weighted by Crippen LogP contribution is -2.33. The second-order valence-electron chi connectivity index (χ2n) is 4.25. The van der Waals surface area contributed by atoms with Crippen molar-refractivity contribution in [3.8, 4) is 0 Å². The third-order valence-electron chi connectivity index (χ3n) is 3.01. The predicted octanol–water partition coefficient (Wildman–Crippen LogP) is 2.06. The molecule has 0 atom stereocenters. The highest BCUT2D eigenvalue weighted by Gasteiger charge is 2.16. The first-order valence-corrected chi connectivity index (χ1v) is 6.44. The van der Waals surface area contributed by atoms with Crippen molar-refractivity contribution in [3.63, 3.8) is 0 Å². The molecule has 0 N–H and O–H groups in total. The Balaban J connectivity index is 1.69. The van der Waals surface area contributed by atoms with Gasteiger partial charge in [0.05, 0.1) is 12.2 Å². The molecule has 0 amide bonds. The normalized spacial score (nSPS) is 15.8. The fourth-order valence-corrected chi connectivity index (χ4v) is 2.37. The number of rotatable bonds is 2. The lowest BCUT2D eigenvalue weighted by atomic mass is 10.2. The zero-order valence-electron chi connectivity index (χ0n) is 9.38. The molecular weight excluding hydrogens is 280 g/mol. The summed E-state index contributed by atoms with van der Waals surface area (Å²) >= 11 is 3.35. The van der Waals surface area contributed by atoms with E-state index in [-0.39, 0.29) is 0 Å². The van der Waals surface area contributed by atoms with Gasteiger partial charge in [0.1, 0.15) is 4.60 Å². The molecule has 0 saturated carbocycles. The number of halogens is 1. The Morgan fingerprint density at radius 3 is 3.00 bits per heavy atom. The zero-order valence-corrected chi connectivity index (χ0v) is 11.0. The lowest BCUT2D eigenvalue weighted by Gasteiger charge is -2.27. The van der Waals surface area contributed by atoms with Crippen LogP contribution in [0.25, 0.3) is 0 Å². The maximum Gasteiger partial charge on any atom is 0.106 e. The molecule has 0 fully saturated rings. The first-order chi connectivity index (χ1) is 8.31. The van der Waals surface area contributed by atoms with Crippen molar-refractivity contribution in [2.24, 2.45) is 0 Å². The largest absolute Gasteiger partial charge is 0.291 e. The van der Waals surface area contributed by atoms with Gasteiger partial charge in [0, 0.05) is 32.0 Å². The van der Waals surface area contributed by atoms with Crippen LogP contribution < -0.4 is 0 Å². The quantitative estimate of drug-likeness (QED) is 0.795. The van der Waals surface area contributed by atoms with Gasteiger partial charge in [0.25, 0.3) is 0 Å². The molecule has 5 heteroatoms. The Morgan fingerprint density at radius 1 is 1.24 bits per heavy atom. The average Bonchev–Trinajstić information content (AvgIpc) is 2.79. The van der Waals surface area contributed by atoms with E-state index < -0.39 is 0 Å². The molecule has 0 bridgehead atoms. The van der Waals surface area contributed by atoms with Crippen molar-refractivity contribution < 1.29 is 0 Å². The summed E-state index contributed by atoms with van der Waals surface area (Å²) < 4.78 is 2.97. The first-order valence-electron chi connectivity index (χ1n) is 5.65. The fourth-order valence-electron chi connectivity index (χ4n) is 2.13. The van der Waals surface area contributed by atoms with Gasteiger partial charge in [-0.2, -0.15) is 5.10 Å². The van der Waals surface area contributed by atoms with Crippen LogP contribution in [-0.4, -0.2) is 26.2 Å². The Labute approximate surface area is 108 Å². The number of hydrogen-bond acceptors (Lipinski definition) is 3. The van der Waals surface area contributed by atoms with Gasteiger partial charge in [-0.25, -0.2) is 4.98 Å². The van der Waals surface area contributed by atoms with Crippen LogP contribution in [0.3, 0.4) is 0 Å². The standard InChI is InChI=1S/C12H13BrN4/c13-12-2-1-10(7-14-12)8-16-5-6-17-11(9-16)3-4-15-17/h1-4,7H,5-6,8-9H2. The van der Waals surface area contributed by atoms with Gasteiger partial charge in [-0.3, -0.25) is 9.58 Å². The smallest absolute Gasteiger partial charge is 0.106 e. The maximum atomic E-state index is 4.28. The molecule has 0 spiro atoms. The number of pyridine rings is 1. The molecule has 1 aliphatic heterocycles. The number of nitrogens with zero attached hydrogens (tertiary/aromatic N) is 4. The minimum absolute atomic E-state index is 0.887. The Morgan fingerprint density at radius 2 is 2.18 bits per heavy atom. The Bertz CT molecular complexity index is 505. The number of hydrogen-bond donors (Lipinski definition) is 0. The summed E-state index contributed by atoms with van der Waals surface area (Å²) in [6.07, 6.45) is 3.80. The van der Waals surface area contributed by atoms with E-state index in [0.29, 0.717) is 0 Å². The molecule has 3 heterocycles. The molecule has 2 aromatic heterocycles. The van der Waals surface area contributed by atoms with Crippen molar-refractivity contribution in [1.29, 1.82) is 0 Å². The van der Waals surface area contributed by atoms with Crippen molar-refractivity contribution in [3.05, 3.63) is 46.5 Å². The van der Waals surface area contributed by atoms with Crippen LogP contribution in [0.4, 0.5) is 0 Å². The van der Waals surface area contributed by atoms with Crippen molar-refractivity contribution in [2.75, 3.05) is 6.54 Å². The molecule has 88 valence electrons. The van der Waals surface area contributed by atoms with E-state index in [1.54, 1.807) is 0 Å². The molecule has 0 saturated heterocycles. The lowest BCUT2D eigenvalue weighted by molar-refractivity contribution is 0.205. The van der Waals surface area contributed by atoms with Gasteiger partial charge in [-0.15, -0.1) is 0 Å². The summed E-state index contributed by atoms with van der Waals surface area (Å²) in [6.45, 7) is 3.94. The highest BCUT2D eigenvalue weighted by Crippen LogP contribution is 2.14. The molecule has 0 unspecified atom stereocenters. The molecular formula is C12H13BrN4. The van der Waals surface area contributed by atoms with E-state index in [1.807, 2.05) is 18.5 Å². The Kier molecular flexibility index (Phi) is 2.94. The van der Waals surface area contributed by atoms with Crippen LogP contribution >= 0.6 is 15.9 Å². The summed E-state index contributed by atoms with van der Waals surface area (Å²) in [5.74, 6) is 0. The first kappa shape index (κ1) is 10.9. The summed E-state index contributed by atoms with van der Waals surface area (Å²) in [6, 6.07) is 6.19. The molecule has 2 aromatic rings. The van der Waals surface area contributed by atoms with Gasteiger partial charge in [-0.05, 0) is 33.6 Å². The highest BCUT2D eigenvalue weighted by atomic mass is 79.9. The van der Waals surface area contributed by atoms with E-state index in [2.05, 4.69) is 47.7 Å². The minimum Gasteiger partial charge on any atom is -0.291 e. The van der Waals surface area contributed by atoms with Crippen molar-refractivity contribution in [1.82, 2.24) is 19.7 Å². The minimum atomic E-state index is 0.887. The van der Waals surface area contributed by atoms with Gasteiger partial charge in [-0.1, -0.05) is 6.07 Å². The summed E-state index contributed by atoms with van der Waals surface area (Å²) in [5, 5.41) is 4.28. The fraction of sp³-hybridized carbons (Fsp3) is 0.333. The summed E-state index contributed by atoms with van der Waals surface area (Å²) in [5.41, 5.74) is 2.54. The summed E-state index contributed by atoms with van der Waals surface area (Å²) in [7, 11) is 0. The van der Waals surface area contributed by atoms with Crippen LogP contribution in [0.15, 0.2) is 35.2 Å². The third kappa shape index (κ3) is 2.40. The van der Waals surface area contributed by atoms with Crippen LogP contribution in [0, 0.1) is 0 Å². The van der Waals surface area contributed by atoms with Crippen LogP contribution in [0.2, 0.25) is 0 Å². The van der Waals surface area contributed by atoms with Crippen LogP contribution in [0.5, 0.6) is 0 Å². The highest BCUT2D eigenvalue weighted by molar-refractivity contribution is 9.10. The zero-order chi connectivity index (χ0) is 11.7. The van der Waals surface area contributed by atoms with Crippen molar-refractivity contribution >= 4 is 15.9 Å². The number of aromatic nitrogens is 3. The second-order valence-corrected chi connectivity index (χ2v) is 5.06. The monoisotopic (exact) mass is 292 g/mol. The Hall–Kier alpha value is -1.20. The molecule has 0 aromatic carbocycles. The summed E-state index contributed by atoms with van der Waals surface area (Å²) in [4.78, 5) is 6.67. The van der Waals surface area contributed by atoms with Crippen LogP contribution in [-0.2, 0) is 19.6 Å². The molecule has 17 heavy (non-hydrogen) atoms. The van der Waals surface area contributed by atoms with Gasteiger partial charge >= 0.3 is 0 Å². The van der Waals surface area contributed by atoms with Gasteiger partial charge in [0.2, 0.25) is 0 Å². The van der Waals surface area contributed by atoms with Crippen LogP contribution in [0.1, 0.15) is 11.3 Å². The molecule has 1 aliphatic rings.